The van der Waals surface area contributed by atoms with Gasteiger partial charge in [0.1, 0.15) is 0 Å². The van der Waals surface area contributed by atoms with Crippen LogP contribution < -0.4 is 4.84 Å². The molecule has 0 atom stereocenters. The normalized spacial score (nSPS) is 9.17. The number of hydrogen-bond donors (Lipinski definition) is 0. The predicted octanol–water partition coefficient (Wildman–Crippen LogP) is 2.82. The molecule has 1 aromatic rings. The fourth-order valence-electron chi connectivity index (χ4n) is 1.11. The van der Waals surface area contributed by atoms with Crippen LogP contribution in [0.25, 0.3) is 5.01 Å². The third kappa shape index (κ3) is 1.40. The van der Waals surface area contributed by atoms with E-state index in [1.165, 1.54) is 0 Å². The van der Waals surface area contributed by atoms with Crippen molar-refractivity contribution in [3.63, 3.8) is 0 Å². The number of aryl methyl sites for hydroxylation is 2. The van der Waals surface area contributed by atoms with E-state index in [1.807, 2.05) is 32.9 Å². The van der Waals surface area contributed by atoms with Crippen LogP contribution in [-0.2, 0) is 0 Å². The van der Waals surface area contributed by atoms with Crippen LogP contribution in [0.3, 0.4) is 0 Å². The second-order valence-corrected chi connectivity index (χ2v) is 2.84. The summed E-state index contributed by atoms with van der Waals surface area (Å²) >= 11 is 0. The maximum absolute atomic E-state index is 6.61. The lowest BCUT2D eigenvalue weighted by atomic mass is 10.1. The van der Waals surface area contributed by atoms with Gasteiger partial charge in [-0.1, -0.05) is 12.1 Å². The molecule has 1 aromatic carbocycles. The van der Waals surface area contributed by atoms with Crippen molar-refractivity contribution in [1.29, 1.82) is 0 Å². The van der Waals surface area contributed by atoms with Gasteiger partial charge >= 0.3 is 0 Å². The lowest BCUT2D eigenvalue weighted by molar-refractivity contribution is 0.464. The summed E-state index contributed by atoms with van der Waals surface area (Å²) < 4.78 is 0. The minimum Gasteiger partial charge on any atom is -0.157 e. The summed E-state index contributed by atoms with van der Waals surface area (Å²) in [5.41, 5.74) is 3.21. The largest absolute Gasteiger partial charge is 0.225 e. The molecule has 1 rings (SSSR count). The molecule has 0 aliphatic heterocycles. The van der Waals surface area contributed by atoms with Crippen molar-refractivity contribution in [2.45, 2.75) is 20.8 Å². The highest BCUT2D eigenvalue weighted by atomic mass is 16.6. The van der Waals surface area contributed by atoms with Crippen molar-refractivity contribution in [2.24, 2.45) is 0 Å². The Balaban J connectivity index is 3.25. The molecule has 0 aromatic heterocycles. The van der Waals surface area contributed by atoms with Crippen molar-refractivity contribution >= 4 is 0 Å². The first-order valence-corrected chi connectivity index (χ1v) is 3.77. The lowest BCUT2D eigenvalue weighted by Crippen LogP contribution is -1.90. The number of hydrogen-bond acceptors (Lipinski definition) is 1. The van der Waals surface area contributed by atoms with Gasteiger partial charge < -0.3 is 0 Å². The molecule has 0 aliphatic carbocycles. The van der Waals surface area contributed by atoms with Gasteiger partial charge in [0.15, 0.2) is 0 Å². The van der Waals surface area contributed by atoms with Gasteiger partial charge in [-0.2, -0.15) is 11.4 Å². The van der Waals surface area contributed by atoms with E-state index in [-0.39, 0.29) is 0 Å². The molecular weight excluding hydrogens is 150 g/mol. The van der Waals surface area contributed by atoms with E-state index < -0.39 is 0 Å². The van der Waals surface area contributed by atoms with E-state index in [2.05, 4.69) is 5.01 Å². The van der Waals surface area contributed by atoms with Gasteiger partial charge in [-0.25, -0.2) is 0 Å². The van der Waals surface area contributed by atoms with Gasteiger partial charge in [-0.15, -0.1) is 0 Å². The molecule has 12 heavy (non-hydrogen) atoms. The van der Waals surface area contributed by atoms with Gasteiger partial charge in [-0.05, 0) is 31.3 Å². The zero-order chi connectivity index (χ0) is 9.14. The molecule has 0 heterocycles. The standard InChI is InChI=1S/C10H11NO/c1-7-5-6-8(2)10(9(7)3)12-11-4/h5-6H,1-3H3. The van der Waals surface area contributed by atoms with Crippen LogP contribution in [0.1, 0.15) is 16.7 Å². The van der Waals surface area contributed by atoms with E-state index in [1.54, 1.807) is 0 Å². The van der Waals surface area contributed by atoms with Crippen molar-refractivity contribution in [1.82, 2.24) is 0 Å². The van der Waals surface area contributed by atoms with Crippen molar-refractivity contribution in [3.8, 4) is 5.75 Å². The van der Waals surface area contributed by atoms with Crippen LogP contribution in [0.2, 0.25) is 0 Å². The molecule has 0 unspecified atom stereocenters. The molecule has 0 N–H and O–H groups in total. The Hall–Kier alpha value is -1.49. The van der Waals surface area contributed by atoms with Crippen molar-refractivity contribution in [3.05, 3.63) is 40.4 Å². The minimum absolute atomic E-state index is 0.699. The van der Waals surface area contributed by atoms with Gasteiger partial charge in [0, 0.05) is 11.1 Å². The third-order valence-corrected chi connectivity index (χ3v) is 2.01. The summed E-state index contributed by atoms with van der Waals surface area (Å²) in [6, 6.07) is 3.99. The van der Waals surface area contributed by atoms with Gasteiger partial charge in [0.2, 0.25) is 5.75 Å². The van der Waals surface area contributed by atoms with E-state index in [0.29, 0.717) is 5.75 Å². The van der Waals surface area contributed by atoms with E-state index in [9.17, 15) is 0 Å². The molecule has 2 nitrogen and oxygen atoms in total. The van der Waals surface area contributed by atoms with Gasteiger partial charge in [0.05, 0.1) is 0 Å². The number of nitrogens with zero attached hydrogens (tertiary/aromatic N) is 1. The Labute approximate surface area is 72.6 Å². The first-order chi connectivity index (χ1) is 5.66. The maximum atomic E-state index is 6.61. The van der Waals surface area contributed by atoms with Crippen LogP contribution in [0.15, 0.2) is 12.1 Å². The zero-order valence-electron chi connectivity index (χ0n) is 7.51. The van der Waals surface area contributed by atoms with Crippen molar-refractivity contribution in [2.75, 3.05) is 0 Å². The van der Waals surface area contributed by atoms with Crippen LogP contribution >= 0.6 is 0 Å². The molecular formula is C10H11NO. The molecule has 0 saturated carbocycles. The van der Waals surface area contributed by atoms with Gasteiger partial charge in [-0.3, -0.25) is 0 Å². The predicted molar refractivity (Wildman–Crippen MR) is 47.9 cm³/mol. The Bertz CT molecular complexity index is 336. The van der Waals surface area contributed by atoms with E-state index in [4.69, 9.17) is 11.4 Å². The molecule has 0 amide bonds. The number of rotatable bonds is 1. The first kappa shape index (κ1) is 8.61. The highest BCUT2D eigenvalue weighted by Crippen LogP contribution is 2.25. The second-order valence-electron chi connectivity index (χ2n) is 2.84. The fraction of sp³-hybridized carbons (Fsp3) is 0.300. The Morgan fingerprint density at radius 1 is 1.17 bits per heavy atom. The molecule has 62 valence electrons. The lowest BCUT2D eigenvalue weighted by Gasteiger charge is -2.04. The quantitative estimate of drug-likeness (QED) is 0.456. The van der Waals surface area contributed by atoms with Crippen LogP contribution in [0.5, 0.6) is 5.75 Å². The van der Waals surface area contributed by atoms with E-state index >= 15 is 0 Å². The zero-order valence-corrected chi connectivity index (χ0v) is 7.51. The van der Waals surface area contributed by atoms with E-state index in [0.717, 1.165) is 16.7 Å². The molecule has 2 heteroatoms. The second kappa shape index (κ2) is 3.27. The highest BCUT2D eigenvalue weighted by Gasteiger charge is 2.08. The Morgan fingerprint density at radius 3 is 2.33 bits per heavy atom. The topological polar surface area (TPSA) is 13.6 Å². The molecule has 0 fully saturated rings. The average molecular weight is 161 g/mol. The smallest absolute Gasteiger partial charge is 0.157 e. The average Bonchev–Trinajstić information content (AvgIpc) is 2.06. The minimum atomic E-state index is 0.699. The maximum Gasteiger partial charge on any atom is 0.225 e. The summed E-state index contributed by atoms with van der Waals surface area (Å²) in [5.74, 6) is 0.699. The third-order valence-electron chi connectivity index (χ3n) is 2.01. The molecule has 0 aliphatic rings. The Kier molecular flexibility index (Phi) is 2.35. The SMILES string of the molecule is [C-]#[N+]Oc1c(C)ccc(C)c1C. The monoisotopic (exact) mass is 161 g/mol. The van der Waals surface area contributed by atoms with Crippen molar-refractivity contribution < 1.29 is 4.84 Å². The van der Waals surface area contributed by atoms with Crippen LogP contribution in [0, 0.1) is 27.3 Å². The molecule has 0 spiro atoms. The van der Waals surface area contributed by atoms with Crippen LogP contribution in [0.4, 0.5) is 0 Å². The highest BCUT2D eigenvalue weighted by molar-refractivity contribution is 5.44. The Morgan fingerprint density at radius 2 is 1.75 bits per heavy atom. The molecule has 0 saturated heterocycles. The fourth-order valence-corrected chi connectivity index (χ4v) is 1.11. The van der Waals surface area contributed by atoms with Gasteiger partial charge in [0.25, 0.3) is 0 Å². The first-order valence-electron chi connectivity index (χ1n) is 3.77. The summed E-state index contributed by atoms with van der Waals surface area (Å²) in [5, 5.41) is 2.92. The summed E-state index contributed by atoms with van der Waals surface area (Å²) in [7, 11) is 0. The number of benzene rings is 1. The van der Waals surface area contributed by atoms with Crippen LogP contribution in [-0.4, -0.2) is 0 Å². The molecule has 0 bridgehead atoms. The molecule has 0 radical (unpaired) electrons. The summed E-state index contributed by atoms with van der Waals surface area (Å²) in [4.78, 5) is 4.84. The summed E-state index contributed by atoms with van der Waals surface area (Å²) in [6.45, 7) is 12.5. The summed E-state index contributed by atoms with van der Waals surface area (Å²) in [6.07, 6.45) is 0.